The highest BCUT2D eigenvalue weighted by atomic mass is 16.5. The average Bonchev–Trinajstić information content (AvgIpc) is 3.17. The number of nitrogens with one attached hydrogen (secondary N) is 1. The number of amides is 1. The Morgan fingerprint density at radius 1 is 1.12 bits per heavy atom. The van der Waals surface area contributed by atoms with E-state index in [1.807, 2.05) is 4.90 Å². The molecule has 1 amide bonds. The van der Waals surface area contributed by atoms with E-state index >= 15 is 0 Å². The van der Waals surface area contributed by atoms with Crippen LogP contribution < -0.4 is 10.1 Å². The zero-order chi connectivity index (χ0) is 17.6. The summed E-state index contributed by atoms with van der Waals surface area (Å²) < 4.78 is 5.09. The van der Waals surface area contributed by atoms with Crippen LogP contribution in [0.15, 0.2) is 24.3 Å². The summed E-state index contributed by atoms with van der Waals surface area (Å²) in [6.07, 6.45) is 1.59. The molecule has 1 N–H and O–H groups in total. The van der Waals surface area contributed by atoms with Gasteiger partial charge in [-0.3, -0.25) is 14.5 Å². The van der Waals surface area contributed by atoms with Crippen LogP contribution in [0.1, 0.15) is 29.6 Å². The maximum Gasteiger partial charge on any atom is 0.223 e. The molecule has 1 atom stereocenters. The summed E-state index contributed by atoms with van der Waals surface area (Å²) in [5.41, 5.74) is 0.633. The number of carbonyl (C=O) groups excluding carboxylic acids is 2. The van der Waals surface area contributed by atoms with Crippen LogP contribution in [0.25, 0.3) is 0 Å². The summed E-state index contributed by atoms with van der Waals surface area (Å²) in [5, 5.41) is 3.36. The van der Waals surface area contributed by atoms with Gasteiger partial charge in [0.1, 0.15) is 5.75 Å². The molecule has 0 spiro atoms. The normalized spacial score (nSPS) is 21.3. The van der Waals surface area contributed by atoms with Gasteiger partial charge in [-0.2, -0.15) is 0 Å². The molecular formula is C19H27N3O3. The molecule has 0 bridgehead atoms. The predicted octanol–water partition coefficient (Wildman–Crippen LogP) is 1.16. The second kappa shape index (κ2) is 8.45. The van der Waals surface area contributed by atoms with Crippen molar-refractivity contribution in [2.24, 2.45) is 0 Å². The number of piperazine rings is 1. The summed E-state index contributed by atoms with van der Waals surface area (Å²) >= 11 is 0. The second-order valence-electron chi connectivity index (χ2n) is 6.72. The number of carbonyl (C=O) groups is 2. The molecule has 1 aromatic rings. The van der Waals surface area contributed by atoms with Gasteiger partial charge in [0, 0.05) is 63.7 Å². The highest BCUT2D eigenvalue weighted by Crippen LogP contribution is 2.18. The van der Waals surface area contributed by atoms with E-state index in [4.69, 9.17) is 4.74 Å². The molecule has 2 heterocycles. The van der Waals surface area contributed by atoms with Crippen LogP contribution in [0.5, 0.6) is 5.75 Å². The standard InChI is InChI=1S/C19H27N3O3/c1-25-17-4-2-15(3-5-17)18(23)6-7-19(24)22-11-8-16(14-22)21-12-9-20-10-13-21/h2-5,16,20H,6-14H2,1H3. The summed E-state index contributed by atoms with van der Waals surface area (Å²) in [5.74, 6) is 0.831. The fourth-order valence-corrected chi connectivity index (χ4v) is 3.61. The number of benzene rings is 1. The molecule has 2 saturated heterocycles. The Morgan fingerprint density at radius 2 is 1.84 bits per heavy atom. The molecule has 1 unspecified atom stereocenters. The Morgan fingerprint density at radius 3 is 2.52 bits per heavy atom. The molecule has 136 valence electrons. The third-order valence-electron chi connectivity index (χ3n) is 5.16. The largest absolute Gasteiger partial charge is 0.497 e. The van der Waals surface area contributed by atoms with Crippen molar-refractivity contribution in [3.8, 4) is 5.75 Å². The van der Waals surface area contributed by atoms with Gasteiger partial charge in [-0.1, -0.05) is 0 Å². The van der Waals surface area contributed by atoms with E-state index in [1.165, 1.54) is 0 Å². The molecule has 0 aliphatic carbocycles. The fourth-order valence-electron chi connectivity index (χ4n) is 3.61. The first-order valence-electron chi connectivity index (χ1n) is 9.07. The van der Waals surface area contributed by atoms with Crippen molar-refractivity contribution in [2.45, 2.75) is 25.3 Å². The Bertz CT molecular complexity index is 596. The van der Waals surface area contributed by atoms with Crippen molar-refractivity contribution in [3.63, 3.8) is 0 Å². The number of hydrogen-bond donors (Lipinski definition) is 1. The van der Waals surface area contributed by atoms with Gasteiger partial charge < -0.3 is 15.0 Å². The Balaban J connectivity index is 1.45. The van der Waals surface area contributed by atoms with E-state index < -0.39 is 0 Å². The minimum atomic E-state index is 0.00820. The first kappa shape index (κ1) is 17.9. The maximum absolute atomic E-state index is 12.4. The van der Waals surface area contributed by atoms with Crippen molar-refractivity contribution < 1.29 is 14.3 Å². The monoisotopic (exact) mass is 345 g/mol. The molecule has 0 radical (unpaired) electrons. The smallest absolute Gasteiger partial charge is 0.223 e. The lowest BCUT2D eigenvalue weighted by Gasteiger charge is -2.32. The van der Waals surface area contributed by atoms with Gasteiger partial charge in [-0.25, -0.2) is 0 Å². The number of rotatable bonds is 6. The topological polar surface area (TPSA) is 61.9 Å². The molecule has 2 aliphatic rings. The van der Waals surface area contributed by atoms with E-state index in [0.29, 0.717) is 18.0 Å². The van der Waals surface area contributed by atoms with E-state index in [2.05, 4.69) is 10.2 Å². The first-order valence-corrected chi connectivity index (χ1v) is 9.07. The van der Waals surface area contributed by atoms with E-state index in [9.17, 15) is 9.59 Å². The lowest BCUT2D eigenvalue weighted by atomic mass is 10.1. The summed E-state index contributed by atoms with van der Waals surface area (Å²) in [6.45, 7) is 5.78. The molecule has 3 rings (SSSR count). The molecule has 2 fully saturated rings. The molecular weight excluding hydrogens is 318 g/mol. The third kappa shape index (κ3) is 4.58. The Labute approximate surface area is 149 Å². The molecule has 0 saturated carbocycles. The van der Waals surface area contributed by atoms with Crippen molar-refractivity contribution in [1.82, 2.24) is 15.1 Å². The predicted molar refractivity (Wildman–Crippen MR) is 96.0 cm³/mol. The molecule has 1 aromatic carbocycles. The van der Waals surface area contributed by atoms with Gasteiger partial charge in [0.2, 0.25) is 5.91 Å². The van der Waals surface area contributed by atoms with Crippen molar-refractivity contribution >= 4 is 11.7 Å². The van der Waals surface area contributed by atoms with Gasteiger partial charge in [0.25, 0.3) is 0 Å². The Hall–Kier alpha value is -1.92. The Kier molecular flexibility index (Phi) is 6.04. The molecule has 6 nitrogen and oxygen atoms in total. The lowest BCUT2D eigenvalue weighted by molar-refractivity contribution is -0.130. The first-order chi connectivity index (χ1) is 12.2. The zero-order valence-electron chi connectivity index (χ0n) is 14.9. The van der Waals surface area contributed by atoms with Gasteiger partial charge in [-0.15, -0.1) is 0 Å². The minimum Gasteiger partial charge on any atom is -0.497 e. The SMILES string of the molecule is COc1ccc(C(=O)CCC(=O)N2CCC(N3CCNCC3)C2)cc1. The van der Waals surface area contributed by atoms with Crippen molar-refractivity contribution in [1.29, 1.82) is 0 Å². The fraction of sp³-hybridized carbons (Fsp3) is 0.579. The lowest BCUT2D eigenvalue weighted by Crippen LogP contribution is -2.49. The number of ether oxygens (including phenoxy) is 1. The molecule has 6 heteroatoms. The van der Waals surface area contributed by atoms with Crippen LogP contribution >= 0.6 is 0 Å². The summed E-state index contributed by atoms with van der Waals surface area (Å²) in [4.78, 5) is 29.1. The van der Waals surface area contributed by atoms with Crippen LogP contribution in [0.2, 0.25) is 0 Å². The second-order valence-corrected chi connectivity index (χ2v) is 6.72. The molecule has 0 aromatic heterocycles. The van der Waals surface area contributed by atoms with Crippen LogP contribution in [0.4, 0.5) is 0 Å². The quantitative estimate of drug-likeness (QED) is 0.784. The van der Waals surface area contributed by atoms with E-state index in [0.717, 1.165) is 51.4 Å². The van der Waals surface area contributed by atoms with E-state index in [1.54, 1.807) is 31.4 Å². The highest BCUT2D eigenvalue weighted by molar-refractivity contribution is 5.98. The third-order valence-corrected chi connectivity index (χ3v) is 5.16. The number of methoxy groups -OCH3 is 1. The van der Waals surface area contributed by atoms with Crippen molar-refractivity contribution in [2.75, 3.05) is 46.4 Å². The number of Topliss-reactive ketones (excluding diaryl/α,β-unsaturated/α-hetero) is 1. The molecule has 25 heavy (non-hydrogen) atoms. The minimum absolute atomic E-state index is 0.00820. The summed E-state index contributed by atoms with van der Waals surface area (Å²) in [7, 11) is 1.60. The van der Waals surface area contributed by atoms with Crippen LogP contribution in [0.3, 0.4) is 0 Å². The van der Waals surface area contributed by atoms with Gasteiger partial charge in [0.05, 0.1) is 7.11 Å². The van der Waals surface area contributed by atoms with Crippen LogP contribution in [-0.4, -0.2) is 73.9 Å². The van der Waals surface area contributed by atoms with Crippen LogP contribution in [0, 0.1) is 0 Å². The molecule has 2 aliphatic heterocycles. The number of nitrogens with zero attached hydrogens (tertiary/aromatic N) is 2. The van der Waals surface area contributed by atoms with Gasteiger partial charge >= 0.3 is 0 Å². The zero-order valence-corrected chi connectivity index (χ0v) is 14.9. The maximum atomic E-state index is 12.4. The van der Waals surface area contributed by atoms with Crippen LogP contribution in [-0.2, 0) is 4.79 Å². The van der Waals surface area contributed by atoms with Crippen molar-refractivity contribution in [3.05, 3.63) is 29.8 Å². The number of ketones is 1. The number of likely N-dealkylation sites (tertiary alicyclic amines) is 1. The highest BCUT2D eigenvalue weighted by Gasteiger charge is 2.30. The summed E-state index contributed by atoms with van der Waals surface area (Å²) in [6, 6.07) is 7.52. The van der Waals surface area contributed by atoms with Gasteiger partial charge in [0.15, 0.2) is 5.78 Å². The van der Waals surface area contributed by atoms with E-state index in [-0.39, 0.29) is 18.1 Å². The number of hydrogen-bond acceptors (Lipinski definition) is 5. The average molecular weight is 345 g/mol. The van der Waals surface area contributed by atoms with Gasteiger partial charge in [-0.05, 0) is 30.7 Å².